The van der Waals surface area contributed by atoms with Crippen LogP contribution in [0.2, 0.25) is 0 Å². The van der Waals surface area contributed by atoms with Gasteiger partial charge in [0.1, 0.15) is 5.75 Å². The molecule has 0 amide bonds. The third kappa shape index (κ3) is 1.52. The number of nitrogens with zero attached hydrogens (tertiary/aromatic N) is 2. The predicted molar refractivity (Wildman–Crippen MR) is 47.5 cm³/mol. The van der Waals surface area contributed by atoms with Crippen LogP contribution in [0.3, 0.4) is 0 Å². The van der Waals surface area contributed by atoms with Gasteiger partial charge < -0.3 is 9.94 Å². The number of benzene rings is 1. The van der Waals surface area contributed by atoms with Crippen molar-refractivity contribution in [2.45, 2.75) is 0 Å². The van der Waals surface area contributed by atoms with Crippen molar-refractivity contribution in [1.82, 2.24) is 5.16 Å². The fourth-order valence-electron chi connectivity index (χ4n) is 1.12. The summed E-state index contributed by atoms with van der Waals surface area (Å²) in [6.07, 6.45) is 1.27. The van der Waals surface area contributed by atoms with E-state index in [1.54, 1.807) is 31.4 Å². The number of rotatable bonds is 2. The van der Waals surface area contributed by atoms with Crippen LogP contribution in [0, 0.1) is 5.21 Å². The Morgan fingerprint density at radius 2 is 2.07 bits per heavy atom. The third-order valence-electron chi connectivity index (χ3n) is 1.83. The molecule has 5 nitrogen and oxygen atoms in total. The minimum absolute atomic E-state index is 0.305. The molecule has 0 spiro atoms. The molecule has 0 N–H and O–H groups in total. The Labute approximate surface area is 80.1 Å². The quantitative estimate of drug-likeness (QED) is 0.665. The molecule has 0 aliphatic carbocycles. The van der Waals surface area contributed by atoms with Crippen molar-refractivity contribution >= 4 is 0 Å². The van der Waals surface area contributed by atoms with Gasteiger partial charge in [0.2, 0.25) is 5.69 Å². The summed E-state index contributed by atoms with van der Waals surface area (Å²) in [5.74, 6) is 0.757. The first-order chi connectivity index (χ1) is 6.79. The standard InChI is InChI=1S/C9H8N2O3/c1-13-8-4-2-7(3-5-8)9-6-11(12)14-10-9/h2-6H,1H3. The van der Waals surface area contributed by atoms with E-state index < -0.39 is 0 Å². The van der Waals surface area contributed by atoms with Gasteiger partial charge in [-0.05, 0) is 29.2 Å². The maximum atomic E-state index is 10.6. The largest absolute Gasteiger partial charge is 0.497 e. The summed E-state index contributed by atoms with van der Waals surface area (Å²) >= 11 is 0. The van der Waals surface area contributed by atoms with Crippen LogP contribution in [-0.4, -0.2) is 12.3 Å². The number of hydrogen-bond acceptors (Lipinski definition) is 4. The van der Waals surface area contributed by atoms with Crippen molar-refractivity contribution in [2.75, 3.05) is 7.11 Å². The minimum atomic E-state index is 0.305. The van der Waals surface area contributed by atoms with Crippen molar-refractivity contribution in [1.29, 1.82) is 0 Å². The number of methoxy groups -OCH3 is 1. The molecule has 0 unspecified atom stereocenters. The molecule has 0 saturated heterocycles. The maximum absolute atomic E-state index is 10.6. The zero-order valence-corrected chi connectivity index (χ0v) is 7.51. The van der Waals surface area contributed by atoms with Crippen LogP contribution in [0.4, 0.5) is 0 Å². The molecule has 1 heterocycles. The molecule has 0 aliphatic heterocycles. The molecule has 2 aromatic rings. The molecule has 14 heavy (non-hydrogen) atoms. The molecule has 1 aromatic carbocycles. The number of aromatic nitrogens is 2. The van der Waals surface area contributed by atoms with Gasteiger partial charge in [0.25, 0.3) is 0 Å². The summed E-state index contributed by atoms with van der Waals surface area (Å²) in [5.41, 5.74) is 1.31. The lowest BCUT2D eigenvalue weighted by molar-refractivity contribution is -0.802. The highest BCUT2D eigenvalue weighted by Crippen LogP contribution is 2.19. The van der Waals surface area contributed by atoms with E-state index in [1.807, 2.05) is 0 Å². The highest BCUT2D eigenvalue weighted by atomic mass is 16.8. The zero-order valence-electron chi connectivity index (χ0n) is 7.51. The Morgan fingerprint density at radius 1 is 1.36 bits per heavy atom. The molecule has 0 saturated carbocycles. The van der Waals surface area contributed by atoms with Crippen molar-refractivity contribution in [3.8, 4) is 17.0 Å². The summed E-state index contributed by atoms with van der Waals surface area (Å²) in [6, 6.07) is 7.19. The Bertz CT molecular complexity index is 422. The van der Waals surface area contributed by atoms with Gasteiger partial charge in [-0.3, -0.25) is 4.63 Å². The van der Waals surface area contributed by atoms with Crippen LogP contribution >= 0.6 is 0 Å². The average Bonchev–Trinajstić information content (AvgIpc) is 2.65. The van der Waals surface area contributed by atoms with Crippen molar-refractivity contribution < 1.29 is 14.3 Å². The smallest absolute Gasteiger partial charge is 0.248 e. The minimum Gasteiger partial charge on any atom is -0.497 e. The fraction of sp³-hybridized carbons (Fsp3) is 0.111. The van der Waals surface area contributed by atoms with Crippen LogP contribution < -0.4 is 9.64 Å². The Balaban J connectivity index is 2.33. The highest BCUT2D eigenvalue weighted by molar-refractivity contribution is 5.57. The second-order valence-electron chi connectivity index (χ2n) is 2.70. The molecule has 72 valence electrons. The lowest BCUT2D eigenvalue weighted by Gasteiger charge is -1.97. The summed E-state index contributed by atoms with van der Waals surface area (Å²) < 4.78 is 9.35. The van der Waals surface area contributed by atoms with Gasteiger partial charge in [-0.25, -0.2) is 0 Å². The lowest BCUT2D eigenvalue weighted by atomic mass is 10.2. The highest BCUT2D eigenvalue weighted by Gasteiger charge is 2.08. The van der Waals surface area contributed by atoms with Crippen LogP contribution in [0.5, 0.6) is 5.75 Å². The second kappa shape index (κ2) is 3.37. The first-order valence-electron chi connectivity index (χ1n) is 4.00. The van der Waals surface area contributed by atoms with Gasteiger partial charge in [0, 0.05) is 10.7 Å². The summed E-state index contributed by atoms with van der Waals surface area (Å²) in [4.78, 5) is 0.305. The van der Waals surface area contributed by atoms with E-state index in [9.17, 15) is 5.21 Å². The van der Waals surface area contributed by atoms with Crippen LogP contribution in [0.25, 0.3) is 11.3 Å². The van der Waals surface area contributed by atoms with Gasteiger partial charge in [-0.15, -0.1) is 0 Å². The Hall–Kier alpha value is -2.04. The van der Waals surface area contributed by atoms with Gasteiger partial charge >= 0.3 is 0 Å². The van der Waals surface area contributed by atoms with Crippen LogP contribution in [-0.2, 0) is 0 Å². The molecule has 1 aromatic heterocycles. The van der Waals surface area contributed by atoms with E-state index in [4.69, 9.17) is 4.74 Å². The molecule has 2 rings (SSSR count). The summed E-state index contributed by atoms with van der Waals surface area (Å²) in [5, 5.41) is 14.2. The molecule has 0 bridgehead atoms. The van der Waals surface area contributed by atoms with Crippen molar-refractivity contribution in [2.24, 2.45) is 0 Å². The Morgan fingerprint density at radius 3 is 2.57 bits per heavy atom. The molecular weight excluding hydrogens is 184 g/mol. The van der Waals surface area contributed by atoms with E-state index in [2.05, 4.69) is 9.79 Å². The van der Waals surface area contributed by atoms with E-state index >= 15 is 0 Å². The maximum Gasteiger partial charge on any atom is 0.248 e. The van der Waals surface area contributed by atoms with E-state index in [0.29, 0.717) is 10.6 Å². The second-order valence-corrected chi connectivity index (χ2v) is 2.70. The van der Waals surface area contributed by atoms with E-state index in [0.717, 1.165) is 11.3 Å². The molecule has 0 atom stereocenters. The summed E-state index contributed by atoms with van der Waals surface area (Å²) in [7, 11) is 1.59. The SMILES string of the molecule is COc1ccc(-c2c[n+]([O-])on2)cc1. The van der Waals surface area contributed by atoms with Gasteiger partial charge in [0.05, 0.1) is 7.11 Å². The molecule has 0 radical (unpaired) electrons. The first-order valence-corrected chi connectivity index (χ1v) is 4.00. The zero-order chi connectivity index (χ0) is 9.97. The monoisotopic (exact) mass is 192 g/mol. The van der Waals surface area contributed by atoms with Gasteiger partial charge in [0.15, 0.2) is 6.20 Å². The topological polar surface area (TPSA) is 62.2 Å². The average molecular weight is 192 g/mol. The van der Waals surface area contributed by atoms with E-state index in [-0.39, 0.29) is 0 Å². The summed E-state index contributed by atoms with van der Waals surface area (Å²) in [6.45, 7) is 0. The lowest BCUT2D eigenvalue weighted by Crippen LogP contribution is -2.20. The van der Waals surface area contributed by atoms with Gasteiger partial charge in [-0.2, -0.15) is 0 Å². The normalized spacial score (nSPS) is 10.1. The first kappa shape index (κ1) is 8.55. The molecular formula is C9H8N2O3. The Kier molecular flexibility index (Phi) is 2.06. The number of ether oxygens (including phenoxy) is 1. The third-order valence-corrected chi connectivity index (χ3v) is 1.83. The van der Waals surface area contributed by atoms with Gasteiger partial charge in [-0.1, -0.05) is 0 Å². The van der Waals surface area contributed by atoms with E-state index in [1.165, 1.54) is 6.20 Å². The van der Waals surface area contributed by atoms with Crippen molar-refractivity contribution in [3.05, 3.63) is 35.7 Å². The van der Waals surface area contributed by atoms with Crippen LogP contribution in [0.15, 0.2) is 35.1 Å². The molecule has 5 heteroatoms. The number of hydrogen-bond donors (Lipinski definition) is 0. The van der Waals surface area contributed by atoms with Crippen LogP contribution in [0.1, 0.15) is 0 Å². The van der Waals surface area contributed by atoms with Crippen molar-refractivity contribution in [3.63, 3.8) is 0 Å². The molecule has 0 aliphatic rings. The fourth-order valence-corrected chi connectivity index (χ4v) is 1.12. The predicted octanol–water partition coefficient (Wildman–Crippen LogP) is 0.984. The molecule has 0 fully saturated rings.